The molecule has 88 valence electrons. The van der Waals surface area contributed by atoms with Crippen molar-refractivity contribution in [2.45, 2.75) is 50.5 Å². The van der Waals surface area contributed by atoms with E-state index < -0.39 is 5.60 Å². The van der Waals surface area contributed by atoms with Crippen LogP contribution >= 0.6 is 11.6 Å². The Bertz CT molecular complexity index is 215. The summed E-state index contributed by atoms with van der Waals surface area (Å²) >= 11 is 6.02. The largest absolute Gasteiger partial charge is 0.365 e. The van der Waals surface area contributed by atoms with E-state index >= 15 is 0 Å². The summed E-state index contributed by atoms with van der Waals surface area (Å²) in [5.74, 6) is -0.0262. The number of nitrogens with one attached hydrogen (secondary N) is 1. The van der Waals surface area contributed by atoms with E-state index in [1.165, 1.54) is 0 Å². The number of amides is 1. The van der Waals surface area contributed by atoms with Crippen molar-refractivity contribution in [3.8, 4) is 0 Å². The maximum absolute atomic E-state index is 11.8. The van der Waals surface area contributed by atoms with Gasteiger partial charge in [-0.2, -0.15) is 0 Å². The van der Waals surface area contributed by atoms with Gasteiger partial charge in [-0.3, -0.25) is 4.79 Å². The molecular formula is C11H20ClNO2. The van der Waals surface area contributed by atoms with Crippen molar-refractivity contribution >= 4 is 17.5 Å². The standard InChI is InChI=1S/C11H20ClNO2/c1-3-5-9(12)8-13-10(14)11(2)6-4-7-15-11/h9H,3-8H2,1-2H3,(H,13,14). The van der Waals surface area contributed by atoms with Crippen molar-refractivity contribution in [3.05, 3.63) is 0 Å². The lowest BCUT2D eigenvalue weighted by Gasteiger charge is -2.22. The van der Waals surface area contributed by atoms with Crippen LogP contribution in [-0.2, 0) is 9.53 Å². The molecule has 0 aromatic carbocycles. The molecule has 1 fully saturated rings. The second-order valence-corrected chi connectivity index (χ2v) is 4.90. The second kappa shape index (κ2) is 5.71. The van der Waals surface area contributed by atoms with Crippen LogP contribution < -0.4 is 5.32 Å². The Morgan fingerprint density at radius 3 is 2.93 bits per heavy atom. The smallest absolute Gasteiger partial charge is 0.252 e. The average Bonchev–Trinajstić information content (AvgIpc) is 2.63. The molecule has 0 saturated carbocycles. The topological polar surface area (TPSA) is 38.3 Å². The molecule has 0 spiro atoms. The number of hydrogen-bond acceptors (Lipinski definition) is 2. The van der Waals surface area contributed by atoms with Gasteiger partial charge in [-0.25, -0.2) is 0 Å². The summed E-state index contributed by atoms with van der Waals surface area (Å²) in [7, 11) is 0. The highest BCUT2D eigenvalue weighted by molar-refractivity contribution is 6.20. The van der Waals surface area contributed by atoms with Gasteiger partial charge in [0.15, 0.2) is 0 Å². The SMILES string of the molecule is CCCC(Cl)CNC(=O)C1(C)CCCO1. The summed E-state index contributed by atoms with van der Waals surface area (Å²) < 4.78 is 5.44. The monoisotopic (exact) mass is 233 g/mol. The van der Waals surface area contributed by atoms with Crippen molar-refractivity contribution in [2.75, 3.05) is 13.2 Å². The van der Waals surface area contributed by atoms with Crippen LogP contribution in [0.1, 0.15) is 39.5 Å². The maximum Gasteiger partial charge on any atom is 0.252 e. The zero-order valence-corrected chi connectivity index (χ0v) is 10.3. The number of carbonyl (C=O) groups is 1. The van der Waals surface area contributed by atoms with Crippen molar-refractivity contribution in [2.24, 2.45) is 0 Å². The first-order valence-electron chi connectivity index (χ1n) is 5.65. The van der Waals surface area contributed by atoms with Crippen LogP contribution in [0.5, 0.6) is 0 Å². The predicted molar refractivity (Wildman–Crippen MR) is 61.1 cm³/mol. The van der Waals surface area contributed by atoms with E-state index in [1.54, 1.807) is 0 Å². The first-order valence-corrected chi connectivity index (χ1v) is 6.08. The molecule has 0 bridgehead atoms. The number of hydrogen-bond donors (Lipinski definition) is 1. The molecule has 0 aromatic heterocycles. The van der Waals surface area contributed by atoms with Crippen LogP contribution in [0.25, 0.3) is 0 Å². The Hall–Kier alpha value is -0.280. The molecule has 1 N–H and O–H groups in total. The van der Waals surface area contributed by atoms with Gasteiger partial charge in [0, 0.05) is 13.2 Å². The van der Waals surface area contributed by atoms with Crippen LogP contribution in [0, 0.1) is 0 Å². The predicted octanol–water partition coefficient (Wildman–Crippen LogP) is 2.08. The van der Waals surface area contributed by atoms with Crippen molar-refractivity contribution < 1.29 is 9.53 Å². The minimum absolute atomic E-state index is 0.0262. The van der Waals surface area contributed by atoms with Crippen molar-refractivity contribution in [1.29, 1.82) is 0 Å². The highest BCUT2D eigenvalue weighted by Gasteiger charge is 2.37. The number of carbonyl (C=O) groups excluding carboxylic acids is 1. The lowest BCUT2D eigenvalue weighted by atomic mass is 10.0. The molecule has 1 aliphatic heterocycles. The summed E-state index contributed by atoms with van der Waals surface area (Å²) in [5.41, 5.74) is -0.622. The van der Waals surface area contributed by atoms with Crippen molar-refractivity contribution in [1.82, 2.24) is 5.32 Å². The fraction of sp³-hybridized carbons (Fsp3) is 0.909. The molecule has 4 heteroatoms. The first-order chi connectivity index (χ1) is 7.08. The Morgan fingerprint density at radius 2 is 2.40 bits per heavy atom. The van der Waals surface area contributed by atoms with Gasteiger partial charge in [0.2, 0.25) is 0 Å². The Balaban J connectivity index is 2.29. The molecule has 1 aliphatic rings. The lowest BCUT2D eigenvalue weighted by molar-refractivity contribution is -0.139. The highest BCUT2D eigenvalue weighted by Crippen LogP contribution is 2.24. The molecule has 2 unspecified atom stereocenters. The maximum atomic E-state index is 11.8. The second-order valence-electron chi connectivity index (χ2n) is 4.28. The van der Waals surface area contributed by atoms with Crippen LogP contribution in [0.4, 0.5) is 0 Å². The van der Waals surface area contributed by atoms with Gasteiger partial charge < -0.3 is 10.1 Å². The van der Waals surface area contributed by atoms with Crippen LogP contribution in [0.2, 0.25) is 0 Å². The van der Waals surface area contributed by atoms with E-state index in [4.69, 9.17) is 16.3 Å². The van der Waals surface area contributed by atoms with E-state index in [2.05, 4.69) is 12.2 Å². The summed E-state index contributed by atoms with van der Waals surface area (Å²) in [6, 6.07) is 0. The van der Waals surface area contributed by atoms with E-state index in [1.807, 2.05) is 6.92 Å². The molecule has 3 nitrogen and oxygen atoms in total. The van der Waals surface area contributed by atoms with Gasteiger partial charge in [-0.1, -0.05) is 13.3 Å². The van der Waals surface area contributed by atoms with Gasteiger partial charge in [-0.05, 0) is 26.2 Å². The number of rotatable bonds is 5. The minimum Gasteiger partial charge on any atom is -0.365 e. The lowest BCUT2D eigenvalue weighted by Crippen LogP contribution is -2.45. The Labute approximate surface area is 96.5 Å². The average molecular weight is 234 g/mol. The van der Waals surface area contributed by atoms with Gasteiger partial charge in [0.1, 0.15) is 5.60 Å². The highest BCUT2D eigenvalue weighted by atomic mass is 35.5. The summed E-state index contributed by atoms with van der Waals surface area (Å²) in [4.78, 5) is 11.8. The molecule has 1 amide bonds. The number of alkyl halides is 1. The van der Waals surface area contributed by atoms with Crippen LogP contribution in [0.3, 0.4) is 0 Å². The number of ether oxygens (including phenoxy) is 1. The third kappa shape index (κ3) is 3.65. The minimum atomic E-state index is -0.622. The van der Waals surface area contributed by atoms with Crippen LogP contribution in [-0.4, -0.2) is 30.0 Å². The summed E-state index contributed by atoms with van der Waals surface area (Å²) in [6.07, 6.45) is 3.74. The first kappa shape index (κ1) is 12.8. The molecule has 0 aliphatic carbocycles. The van der Waals surface area contributed by atoms with Gasteiger partial charge in [-0.15, -0.1) is 11.6 Å². The zero-order chi connectivity index (χ0) is 11.3. The van der Waals surface area contributed by atoms with Crippen molar-refractivity contribution in [3.63, 3.8) is 0 Å². The fourth-order valence-corrected chi connectivity index (χ4v) is 2.06. The molecule has 1 rings (SSSR count). The molecular weight excluding hydrogens is 214 g/mol. The van der Waals surface area contributed by atoms with E-state index in [0.717, 1.165) is 25.7 Å². The quantitative estimate of drug-likeness (QED) is 0.739. The van der Waals surface area contributed by atoms with Gasteiger partial charge >= 0.3 is 0 Å². The molecule has 2 atom stereocenters. The third-order valence-electron chi connectivity index (χ3n) is 2.79. The fourth-order valence-electron chi connectivity index (χ4n) is 1.76. The summed E-state index contributed by atoms with van der Waals surface area (Å²) in [6.45, 7) is 5.15. The van der Waals surface area contributed by atoms with Gasteiger partial charge in [0.25, 0.3) is 5.91 Å². The molecule has 1 heterocycles. The third-order valence-corrected chi connectivity index (χ3v) is 3.16. The molecule has 15 heavy (non-hydrogen) atoms. The van der Waals surface area contributed by atoms with E-state index in [9.17, 15) is 4.79 Å². The van der Waals surface area contributed by atoms with E-state index in [-0.39, 0.29) is 11.3 Å². The normalized spacial score (nSPS) is 27.7. The summed E-state index contributed by atoms with van der Waals surface area (Å²) in [5, 5.41) is 2.89. The molecule has 1 saturated heterocycles. The number of halogens is 1. The van der Waals surface area contributed by atoms with E-state index in [0.29, 0.717) is 13.2 Å². The Morgan fingerprint density at radius 1 is 1.67 bits per heavy atom. The van der Waals surface area contributed by atoms with Crippen LogP contribution in [0.15, 0.2) is 0 Å². The zero-order valence-electron chi connectivity index (χ0n) is 9.51. The Kier molecular flexibility index (Phi) is 4.87. The van der Waals surface area contributed by atoms with Gasteiger partial charge in [0.05, 0.1) is 5.38 Å². The molecule has 0 radical (unpaired) electrons. The molecule has 0 aromatic rings.